The van der Waals surface area contributed by atoms with Crippen molar-refractivity contribution in [3.05, 3.63) is 0 Å². The van der Waals surface area contributed by atoms with Crippen LogP contribution in [0.15, 0.2) is 0 Å². The summed E-state index contributed by atoms with van der Waals surface area (Å²) in [7, 11) is -2.72. The minimum Gasteiger partial charge on any atom is -0.229 e. The highest BCUT2D eigenvalue weighted by Gasteiger charge is 2.30. The molecule has 11 heavy (non-hydrogen) atoms. The predicted octanol–water partition coefficient (Wildman–Crippen LogP) is 1.58. The third-order valence-electron chi connectivity index (χ3n) is 2.12. The summed E-state index contributed by atoms with van der Waals surface area (Å²) < 4.78 is 22.4. The number of hydrogen-bond donors (Lipinski definition) is 0. The number of halogens is 1. The Hall–Kier alpha value is 0.240. The van der Waals surface area contributed by atoms with E-state index in [1.165, 1.54) is 0 Å². The van der Waals surface area contributed by atoms with Crippen LogP contribution >= 0.6 is 11.6 Å². The molecule has 0 N–H and O–H groups in total. The smallest absolute Gasteiger partial charge is 0.153 e. The van der Waals surface area contributed by atoms with Gasteiger partial charge in [-0.05, 0) is 25.7 Å². The van der Waals surface area contributed by atoms with Crippen LogP contribution in [0.25, 0.3) is 0 Å². The first-order valence-electron chi connectivity index (χ1n) is 3.94. The van der Waals surface area contributed by atoms with E-state index < -0.39 is 9.84 Å². The summed E-state index contributed by atoms with van der Waals surface area (Å²) in [6.45, 7) is 0. The summed E-state index contributed by atoms with van der Waals surface area (Å²) in [6, 6.07) is 0. The van der Waals surface area contributed by atoms with Crippen molar-refractivity contribution >= 4 is 21.4 Å². The zero-order valence-corrected chi connectivity index (χ0v) is 8.00. The highest BCUT2D eigenvalue weighted by molar-refractivity contribution is 7.92. The molecular formula is C7H13ClO2S. The molecule has 0 aromatic carbocycles. The van der Waals surface area contributed by atoms with Crippen LogP contribution in [0.4, 0.5) is 0 Å². The Morgan fingerprint density at radius 1 is 1.45 bits per heavy atom. The zero-order valence-electron chi connectivity index (χ0n) is 6.42. The van der Waals surface area contributed by atoms with Gasteiger partial charge in [0.1, 0.15) is 0 Å². The molecule has 0 amide bonds. The summed E-state index contributed by atoms with van der Waals surface area (Å²) in [5.74, 6) is 0.964. The van der Waals surface area contributed by atoms with Crippen molar-refractivity contribution in [3.8, 4) is 0 Å². The summed E-state index contributed by atoms with van der Waals surface area (Å²) in [6.07, 6.45) is 3.27. The predicted molar refractivity (Wildman–Crippen MR) is 46.8 cm³/mol. The van der Waals surface area contributed by atoms with Crippen LogP contribution in [-0.4, -0.2) is 25.3 Å². The molecule has 0 aliphatic carbocycles. The molecular weight excluding hydrogens is 184 g/mol. The van der Waals surface area contributed by atoms with Crippen molar-refractivity contribution in [2.24, 2.45) is 0 Å². The van der Waals surface area contributed by atoms with Crippen LogP contribution in [0, 0.1) is 0 Å². The van der Waals surface area contributed by atoms with Crippen molar-refractivity contribution in [2.75, 3.05) is 11.6 Å². The lowest BCUT2D eigenvalue weighted by atomic mass is 10.2. The van der Waals surface area contributed by atoms with Gasteiger partial charge in [-0.15, -0.1) is 11.6 Å². The molecule has 0 bridgehead atoms. The average Bonchev–Trinajstić information content (AvgIpc) is 2.25. The molecule has 1 aliphatic rings. The number of rotatable bonds is 3. The van der Waals surface area contributed by atoms with Gasteiger partial charge in [-0.25, -0.2) is 8.42 Å². The first-order chi connectivity index (χ1) is 5.17. The minimum atomic E-state index is -2.72. The molecule has 66 valence electrons. The molecule has 1 rings (SSSR count). The number of hydrogen-bond acceptors (Lipinski definition) is 2. The van der Waals surface area contributed by atoms with E-state index in [0.717, 1.165) is 25.7 Å². The topological polar surface area (TPSA) is 34.1 Å². The Morgan fingerprint density at radius 3 is 2.64 bits per heavy atom. The summed E-state index contributed by atoms with van der Waals surface area (Å²) in [4.78, 5) is 0. The van der Waals surface area contributed by atoms with Crippen molar-refractivity contribution < 1.29 is 8.42 Å². The highest BCUT2D eigenvalue weighted by Crippen LogP contribution is 2.23. The lowest BCUT2D eigenvalue weighted by Gasteiger charge is -2.06. The maximum absolute atomic E-state index is 11.2. The monoisotopic (exact) mass is 196 g/mol. The van der Waals surface area contributed by atoms with Gasteiger partial charge in [-0.3, -0.25) is 0 Å². The van der Waals surface area contributed by atoms with Gasteiger partial charge in [0, 0.05) is 5.88 Å². The van der Waals surface area contributed by atoms with Crippen molar-refractivity contribution in [2.45, 2.75) is 30.9 Å². The molecule has 0 aromatic heterocycles. The zero-order chi connectivity index (χ0) is 8.32. The molecule has 1 fully saturated rings. The summed E-state index contributed by atoms with van der Waals surface area (Å²) in [5, 5.41) is -0.0822. The Morgan fingerprint density at radius 2 is 2.18 bits per heavy atom. The SMILES string of the molecule is O=S1(=O)CCCC1CCCCl. The normalized spacial score (nSPS) is 29.0. The van der Waals surface area contributed by atoms with Crippen molar-refractivity contribution in [3.63, 3.8) is 0 Å². The van der Waals surface area contributed by atoms with E-state index >= 15 is 0 Å². The van der Waals surface area contributed by atoms with Gasteiger partial charge in [0.15, 0.2) is 9.84 Å². The fourth-order valence-corrected chi connectivity index (χ4v) is 3.60. The molecule has 4 heteroatoms. The third-order valence-corrected chi connectivity index (χ3v) is 4.73. The standard InChI is InChI=1S/C7H13ClO2S/c8-5-1-3-7-4-2-6-11(7,9)10/h7H,1-6H2. The van der Waals surface area contributed by atoms with Crippen LogP contribution < -0.4 is 0 Å². The Bertz CT molecular complexity index is 210. The second-order valence-electron chi connectivity index (χ2n) is 2.96. The van der Waals surface area contributed by atoms with Crippen molar-refractivity contribution in [1.29, 1.82) is 0 Å². The molecule has 0 spiro atoms. The molecule has 1 saturated heterocycles. The first kappa shape index (κ1) is 9.33. The fraction of sp³-hybridized carbons (Fsp3) is 1.00. The summed E-state index contributed by atoms with van der Waals surface area (Å²) >= 11 is 5.48. The van der Waals surface area contributed by atoms with E-state index in [-0.39, 0.29) is 5.25 Å². The van der Waals surface area contributed by atoms with Gasteiger partial charge < -0.3 is 0 Å². The van der Waals surface area contributed by atoms with E-state index in [0.29, 0.717) is 11.6 Å². The Balaban J connectivity index is 2.45. The minimum absolute atomic E-state index is 0.0822. The van der Waals surface area contributed by atoms with Crippen molar-refractivity contribution in [1.82, 2.24) is 0 Å². The molecule has 2 nitrogen and oxygen atoms in total. The van der Waals surface area contributed by atoms with E-state index in [2.05, 4.69) is 0 Å². The van der Waals surface area contributed by atoms with Crippen LogP contribution in [0.2, 0.25) is 0 Å². The largest absolute Gasteiger partial charge is 0.229 e. The quantitative estimate of drug-likeness (QED) is 0.643. The fourth-order valence-electron chi connectivity index (χ4n) is 1.49. The van der Waals surface area contributed by atoms with Gasteiger partial charge >= 0.3 is 0 Å². The van der Waals surface area contributed by atoms with Crippen LogP contribution in [0.1, 0.15) is 25.7 Å². The van der Waals surface area contributed by atoms with Gasteiger partial charge in [0.05, 0.1) is 11.0 Å². The van der Waals surface area contributed by atoms with Crippen LogP contribution in [0.5, 0.6) is 0 Å². The maximum atomic E-state index is 11.2. The van der Waals surface area contributed by atoms with Gasteiger partial charge in [-0.1, -0.05) is 0 Å². The second-order valence-corrected chi connectivity index (χ2v) is 5.74. The highest BCUT2D eigenvalue weighted by atomic mass is 35.5. The maximum Gasteiger partial charge on any atom is 0.153 e. The third kappa shape index (κ3) is 2.34. The average molecular weight is 197 g/mol. The summed E-state index contributed by atoms with van der Waals surface area (Å²) in [5.41, 5.74) is 0. The van der Waals surface area contributed by atoms with Crippen LogP contribution in [0.3, 0.4) is 0 Å². The van der Waals surface area contributed by atoms with E-state index in [1.54, 1.807) is 0 Å². The van der Waals surface area contributed by atoms with E-state index in [4.69, 9.17) is 11.6 Å². The number of alkyl halides is 1. The Labute approximate surface area is 72.9 Å². The lowest BCUT2D eigenvalue weighted by molar-refractivity contribution is 0.580. The Kier molecular flexibility index (Phi) is 3.19. The first-order valence-corrected chi connectivity index (χ1v) is 6.19. The molecule has 1 aliphatic heterocycles. The van der Waals surface area contributed by atoms with Gasteiger partial charge in [-0.2, -0.15) is 0 Å². The molecule has 1 heterocycles. The lowest BCUT2D eigenvalue weighted by Crippen LogP contribution is -2.15. The van der Waals surface area contributed by atoms with Gasteiger partial charge in [0.25, 0.3) is 0 Å². The molecule has 1 unspecified atom stereocenters. The molecule has 0 aromatic rings. The molecule has 0 radical (unpaired) electrons. The van der Waals surface area contributed by atoms with Gasteiger partial charge in [0.2, 0.25) is 0 Å². The molecule has 0 saturated carbocycles. The second kappa shape index (κ2) is 3.76. The van der Waals surface area contributed by atoms with E-state index in [9.17, 15) is 8.42 Å². The van der Waals surface area contributed by atoms with E-state index in [1.807, 2.05) is 0 Å². The van der Waals surface area contributed by atoms with Crippen LogP contribution in [-0.2, 0) is 9.84 Å². The molecule has 1 atom stereocenters. The number of sulfone groups is 1.